The quantitative estimate of drug-likeness (QED) is 0.764. The van der Waals surface area contributed by atoms with Crippen LogP contribution < -0.4 is 9.64 Å². The number of piperidine rings is 1. The van der Waals surface area contributed by atoms with Gasteiger partial charge in [-0.15, -0.1) is 0 Å². The molecular formula is C21H25N3O. The van der Waals surface area contributed by atoms with Gasteiger partial charge in [-0.25, -0.2) is 4.98 Å². The summed E-state index contributed by atoms with van der Waals surface area (Å²) in [6.07, 6.45) is 5.29. The van der Waals surface area contributed by atoms with Crippen molar-refractivity contribution in [2.24, 2.45) is 0 Å². The molecule has 4 rings (SSSR count). The van der Waals surface area contributed by atoms with E-state index < -0.39 is 0 Å². The maximum Gasteiger partial charge on any atom is 0.129 e. The number of rotatable bonds is 4. The van der Waals surface area contributed by atoms with Crippen LogP contribution in [0.5, 0.6) is 5.75 Å². The highest BCUT2D eigenvalue weighted by Gasteiger charge is 2.22. The van der Waals surface area contributed by atoms with Crippen LogP contribution in [-0.2, 0) is 6.42 Å². The molecule has 3 aromatic rings. The van der Waals surface area contributed by atoms with E-state index in [0.717, 1.165) is 49.6 Å². The second-order valence-corrected chi connectivity index (χ2v) is 6.79. The van der Waals surface area contributed by atoms with Crippen LogP contribution >= 0.6 is 0 Å². The van der Waals surface area contributed by atoms with Crippen LogP contribution in [0.15, 0.2) is 42.6 Å². The smallest absolute Gasteiger partial charge is 0.129 e. The number of nitrogens with one attached hydrogen (secondary N) is 1. The van der Waals surface area contributed by atoms with E-state index in [1.54, 1.807) is 0 Å². The highest BCUT2D eigenvalue weighted by atomic mass is 16.5. The first-order chi connectivity index (χ1) is 12.2. The van der Waals surface area contributed by atoms with Gasteiger partial charge in [0.05, 0.1) is 11.2 Å². The van der Waals surface area contributed by atoms with Crippen LogP contribution in [0.2, 0.25) is 0 Å². The second kappa shape index (κ2) is 6.79. The number of pyridine rings is 1. The van der Waals surface area contributed by atoms with Crippen LogP contribution in [0, 0.1) is 6.92 Å². The Bertz CT molecular complexity index is 862. The first-order valence-electron chi connectivity index (χ1n) is 9.19. The number of benzene rings is 1. The third kappa shape index (κ3) is 3.21. The first kappa shape index (κ1) is 16.0. The van der Waals surface area contributed by atoms with Crippen molar-refractivity contribution in [1.29, 1.82) is 0 Å². The minimum Gasteiger partial charge on any atom is -0.490 e. The van der Waals surface area contributed by atoms with Gasteiger partial charge in [0.2, 0.25) is 0 Å². The number of fused-ring (bicyclic) bond motifs is 1. The van der Waals surface area contributed by atoms with Crippen molar-refractivity contribution in [1.82, 2.24) is 9.97 Å². The van der Waals surface area contributed by atoms with Gasteiger partial charge in [0.15, 0.2) is 0 Å². The Labute approximate surface area is 148 Å². The number of hydrogen-bond donors (Lipinski definition) is 1. The molecule has 1 saturated heterocycles. The summed E-state index contributed by atoms with van der Waals surface area (Å²) in [5, 5.41) is 1.25. The third-order valence-electron chi connectivity index (χ3n) is 5.09. The van der Waals surface area contributed by atoms with E-state index in [1.165, 1.54) is 16.5 Å². The molecule has 3 heterocycles. The fraction of sp³-hybridized carbons (Fsp3) is 0.381. The Morgan fingerprint density at radius 3 is 2.76 bits per heavy atom. The maximum absolute atomic E-state index is 6.22. The van der Waals surface area contributed by atoms with Gasteiger partial charge in [0, 0.05) is 37.5 Å². The van der Waals surface area contributed by atoms with Gasteiger partial charge in [-0.1, -0.05) is 25.1 Å². The van der Waals surface area contributed by atoms with Gasteiger partial charge in [0.25, 0.3) is 0 Å². The Hall–Kier alpha value is -2.49. The van der Waals surface area contributed by atoms with Crippen molar-refractivity contribution in [3.8, 4) is 5.75 Å². The zero-order valence-electron chi connectivity index (χ0n) is 15.0. The lowest BCUT2D eigenvalue weighted by atomic mass is 10.1. The highest BCUT2D eigenvalue weighted by molar-refractivity contribution is 5.84. The lowest BCUT2D eigenvalue weighted by Crippen LogP contribution is -2.38. The standard InChI is InChI=1S/C21H25N3O/c1-3-18-21-16(8-11-22-21)14-20(23-18)24-12-9-17(10-13-24)25-19-7-5-4-6-15(19)2/h4-8,11,14,17,22H,3,9-10,12-13H2,1-2H3. The zero-order valence-corrected chi connectivity index (χ0v) is 15.0. The summed E-state index contributed by atoms with van der Waals surface area (Å²) in [5.74, 6) is 2.11. The molecule has 1 fully saturated rings. The second-order valence-electron chi connectivity index (χ2n) is 6.79. The van der Waals surface area contributed by atoms with E-state index in [2.05, 4.69) is 54.1 Å². The number of aryl methyl sites for hydroxylation is 2. The van der Waals surface area contributed by atoms with Crippen molar-refractivity contribution in [3.05, 3.63) is 53.9 Å². The number of hydrogen-bond acceptors (Lipinski definition) is 3. The average molecular weight is 335 g/mol. The molecule has 130 valence electrons. The fourth-order valence-electron chi connectivity index (χ4n) is 3.61. The molecule has 4 nitrogen and oxygen atoms in total. The Morgan fingerprint density at radius 1 is 1.20 bits per heavy atom. The average Bonchev–Trinajstić information content (AvgIpc) is 3.12. The SMILES string of the molecule is CCc1nc(N2CCC(Oc3ccccc3C)CC2)cc2cc[nH]c12. The van der Waals surface area contributed by atoms with E-state index in [4.69, 9.17) is 9.72 Å². The number of H-pyrrole nitrogens is 1. The monoisotopic (exact) mass is 335 g/mol. The molecule has 0 unspecified atom stereocenters. The molecule has 0 spiro atoms. The molecular weight excluding hydrogens is 310 g/mol. The molecule has 0 saturated carbocycles. The Morgan fingerprint density at radius 2 is 2.00 bits per heavy atom. The largest absolute Gasteiger partial charge is 0.490 e. The van der Waals surface area contributed by atoms with Crippen LogP contribution in [0.1, 0.15) is 31.0 Å². The van der Waals surface area contributed by atoms with Gasteiger partial charge in [-0.2, -0.15) is 0 Å². The van der Waals surface area contributed by atoms with E-state index in [9.17, 15) is 0 Å². The van der Waals surface area contributed by atoms with Crippen molar-refractivity contribution in [2.45, 2.75) is 39.2 Å². The molecule has 0 radical (unpaired) electrons. The number of ether oxygens (including phenoxy) is 1. The maximum atomic E-state index is 6.22. The molecule has 4 heteroatoms. The highest BCUT2D eigenvalue weighted by Crippen LogP contribution is 2.27. The molecule has 0 bridgehead atoms. The fourth-order valence-corrected chi connectivity index (χ4v) is 3.61. The van der Waals surface area contributed by atoms with Crippen LogP contribution in [-0.4, -0.2) is 29.2 Å². The van der Waals surface area contributed by atoms with E-state index in [0.29, 0.717) is 6.10 Å². The van der Waals surface area contributed by atoms with Crippen molar-refractivity contribution < 1.29 is 4.74 Å². The summed E-state index contributed by atoms with van der Waals surface area (Å²) >= 11 is 0. The molecule has 1 aliphatic heterocycles. The normalized spacial score (nSPS) is 15.7. The number of aromatic amines is 1. The molecule has 25 heavy (non-hydrogen) atoms. The summed E-state index contributed by atoms with van der Waals surface area (Å²) in [7, 11) is 0. The molecule has 1 aromatic carbocycles. The van der Waals surface area contributed by atoms with Gasteiger partial charge < -0.3 is 14.6 Å². The van der Waals surface area contributed by atoms with Crippen molar-refractivity contribution in [3.63, 3.8) is 0 Å². The van der Waals surface area contributed by atoms with Crippen LogP contribution in [0.25, 0.3) is 10.9 Å². The van der Waals surface area contributed by atoms with Gasteiger partial charge in [-0.3, -0.25) is 0 Å². The number of anilines is 1. The summed E-state index contributed by atoms with van der Waals surface area (Å²) < 4.78 is 6.22. The molecule has 0 aliphatic carbocycles. The molecule has 1 N–H and O–H groups in total. The topological polar surface area (TPSA) is 41.2 Å². The van der Waals surface area contributed by atoms with E-state index in [1.807, 2.05) is 12.3 Å². The summed E-state index contributed by atoms with van der Waals surface area (Å²) in [4.78, 5) is 10.6. The third-order valence-corrected chi connectivity index (χ3v) is 5.09. The minimum atomic E-state index is 0.291. The summed E-state index contributed by atoms with van der Waals surface area (Å²) in [5.41, 5.74) is 3.52. The summed E-state index contributed by atoms with van der Waals surface area (Å²) in [6.45, 7) is 6.24. The molecule has 0 atom stereocenters. The van der Waals surface area contributed by atoms with E-state index >= 15 is 0 Å². The molecule has 0 amide bonds. The lowest BCUT2D eigenvalue weighted by Gasteiger charge is -2.33. The predicted octanol–water partition coefficient (Wildman–Crippen LogP) is 4.48. The van der Waals surface area contributed by atoms with Gasteiger partial charge in [-0.05, 0) is 37.1 Å². The first-order valence-corrected chi connectivity index (χ1v) is 9.19. The van der Waals surface area contributed by atoms with Crippen molar-refractivity contribution >= 4 is 16.7 Å². The number of para-hydroxylation sites is 1. The number of aromatic nitrogens is 2. The Balaban J connectivity index is 1.46. The van der Waals surface area contributed by atoms with E-state index in [-0.39, 0.29) is 0 Å². The zero-order chi connectivity index (χ0) is 17.2. The minimum absolute atomic E-state index is 0.291. The van der Waals surface area contributed by atoms with Gasteiger partial charge >= 0.3 is 0 Å². The van der Waals surface area contributed by atoms with Crippen molar-refractivity contribution in [2.75, 3.05) is 18.0 Å². The lowest BCUT2D eigenvalue weighted by molar-refractivity contribution is 0.169. The van der Waals surface area contributed by atoms with Gasteiger partial charge in [0.1, 0.15) is 17.7 Å². The summed E-state index contributed by atoms with van der Waals surface area (Å²) in [6, 6.07) is 12.6. The molecule has 1 aliphatic rings. The predicted molar refractivity (Wildman–Crippen MR) is 103 cm³/mol. The number of nitrogens with zero attached hydrogens (tertiary/aromatic N) is 2. The van der Waals surface area contributed by atoms with Crippen LogP contribution in [0.4, 0.5) is 5.82 Å². The molecule has 2 aromatic heterocycles. The Kier molecular flexibility index (Phi) is 4.35. The van der Waals surface area contributed by atoms with Crippen LogP contribution in [0.3, 0.4) is 0 Å².